The molecule has 360 valence electrons. The van der Waals surface area contributed by atoms with Crippen molar-refractivity contribution in [1.29, 1.82) is 0 Å². The van der Waals surface area contributed by atoms with Crippen LogP contribution in [0.25, 0.3) is 44.0 Å². The molecule has 5 N–H and O–H groups in total. The second-order valence-electron chi connectivity index (χ2n) is 18.8. The van der Waals surface area contributed by atoms with Gasteiger partial charge in [0, 0.05) is 105 Å². The van der Waals surface area contributed by atoms with Crippen molar-refractivity contribution in [2.45, 2.75) is 12.8 Å². The van der Waals surface area contributed by atoms with E-state index in [2.05, 4.69) is 139 Å². The molecule has 4 aliphatic rings. The minimum Gasteiger partial charge on any atom is -0.409 e. The third-order valence-corrected chi connectivity index (χ3v) is 14.0. The van der Waals surface area contributed by atoms with E-state index in [-0.39, 0.29) is 0 Å². The maximum absolute atomic E-state index is 10.2. The number of fused-ring (bicyclic) bond motifs is 5. The minimum absolute atomic E-state index is 0.355. The van der Waals surface area contributed by atoms with Crippen LogP contribution in [0.1, 0.15) is 22.4 Å². The number of nitrogen functional groups attached to an aromatic ring is 2. The van der Waals surface area contributed by atoms with Crippen LogP contribution in [0.5, 0.6) is 5.88 Å². The number of likely N-dealkylation sites (N-methyl/N-ethyl adjacent to an activating group) is 2. The molecule has 0 spiro atoms. The van der Waals surface area contributed by atoms with Gasteiger partial charge in [-0.1, -0.05) is 48.5 Å². The fraction of sp³-hybridized carbons (Fsp3) is 0.207. The van der Waals surface area contributed by atoms with E-state index in [1.807, 2.05) is 54.7 Å². The number of anilines is 4. The summed E-state index contributed by atoms with van der Waals surface area (Å²) >= 11 is 0. The van der Waals surface area contributed by atoms with E-state index in [0.29, 0.717) is 23.7 Å². The highest BCUT2D eigenvalue weighted by atomic mass is 16.5. The van der Waals surface area contributed by atoms with E-state index in [1.165, 1.54) is 33.5 Å². The van der Waals surface area contributed by atoms with E-state index < -0.39 is 0 Å². The number of aliphatic imine (C=N–C) groups is 2. The Kier molecular flexibility index (Phi) is 12.8. The number of nitrogens with zero attached hydrogens (tertiary/aromatic N) is 9. The molecule has 7 heterocycles. The minimum atomic E-state index is 0.355. The largest absolute Gasteiger partial charge is 0.409 e. The lowest BCUT2D eigenvalue weighted by Crippen LogP contribution is -2.44. The summed E-state index contributed by atoms with van der Waals surface area (Å²) in [6.07, 6.45) is 5.18. The average Bonchev–Trinajstić information content (AvgIpc) is 4.17. The van der Waals surface area contributed by atoms with Crippen molar-refractivity contribution in [3.63, 3.8) is 0 Å². The summed E-state index contributed by atoms with van der Waals surface area (Å²) in [4.78, 5) is 46.5. The van der Waals surface area contributed by atoms with Gasteiger partial charge in [-0.3, -0.25) is 19.8 Å². The molecule has 2 saturated heterocycles. The van der Waals surface area contributed by atoms with Crippen LogP contribution >= 0.6 is 0 Å². The number of ether oxygens (including phenoxy) is 1. The summed E-state index contributed by atoms with van der Waals surface area (Å²) in [5, 5.41) is 4.21. The van der Waals surface area contributed by atoms with Gasteiger partial charge in [0.05, 0.1) is 50.9 Å². The number of hydrogen-bond donors (Lipinski definition) is 3. The first-order valence-electron chi connectivity index (χ1n) is 24.4. The molecular formula is C58H56N12O2. The lowest BCUT2D eigenvalue weighted by atomic mass is 9.99. The first kappa shape index (κ1) is 46.0. The van der Waals surface area contributed by atoms with E-state index in [4.69, 9.17) is 26.2 Å². The lowest BCUT2D eigenvalue weighted by Gasteiger charge is -2.34. The van der Waals surface area contributed by atoms with Crippen molar-refractivity contribution in [2.24, 2.45) is 9.98 Å². The van der Waals surface area contributed by atoms with Gasteiger partial charge in [-0.25, -0.2) is 9.97 Å². The Hall–Kier alpha value is -8.46. The predicted octanol–water partition coefficient (Wildman–Crippen LogP) is 9.26. The third-order valence-electron chi connectivity index (χ3n) is 14.0. The van der Waals surface area contributed by atoms with E-state index >= 15 is 0 Å². The van der Waals surface area contributed by atoms with Crippen LogP contribution in [-0.4, -0.2) is 114 Å². The maximum atomic E-state index is 10.2. The topological polar surface area (TPSA) is 170 Å². The smallest absolute Gasteiger partial charge is 0.299 e. The van der Waals surface area contributed by atoms with Gasteiger partial charge in [0.2, 0.25) is 5.88 Å². The summed E-state index contributed by atoms with van der Waals surface area (Å²) in [5.74, 6) is 1.17. The highest BCUT2D eigenvalue weighted by molar-refractivity contribution is 6.14. The molecule has 14 heteroatoms. The van der Waals surface area contributed by atoms with Crippen molar-refractivity contribution in [3.05, 3.63) is 168 Å². The summed E-state index contributed by atoms with van der Waals surface area (Å²) in [5.41, 5.74) is 27.5. The average molecular weight is 953 g/mol. The van der Waals surface area contributed by atoms with E-state index in [9.17, 15) is 4.79 Å². The maximum Gasteiger partial charge on any atom is 0.299 e. The van der Waals surface area contributed by atoms with Crippen molar-refractivity contribution in [1.82, 2.24) is 29.7 Å². The number of hydrogen-bond acceptors (Lipinski definition) is 13. The van der Waals surface area contributed by atoms with Gasteiger partial charge in [0.1, 0.15) is 5.82 Å². The second kappa shape index (κ2) is 20.1. The Bertz CT molecular complexity index is 3520. The summed E-state index contributed by atoms with van der Waals surface area (Å²) in [6, 6.07) is 45.3. The molecule has 2 fully saturated rings. The molecule has 4 aliphatic heterocycles. The molecule has 0 atom stereocenters. The highest BCUT2D eigenvalue weighted by Gasteiger charge is 2.24. The zero-order valence-electron chi connectivity index (χ0n) is 40.5. The number of piperazine rings is 2. The number of aromatic nitrogens is 4. The fourth-order valence-electron chi connectivity index (χ4n) is 9.83. The number of pyridine rings is 2. The third kappa shape index (κ3) is 9.69. The molecule has 0 bridgehead atoms. The van der Waals surface area contributed by atoms with Gasteiger partial charge < -0.3 is 40.8 Å². The number of aromatic amines is 1. The summed E-state index contributed by atoms with van der Waals surface area (Å²) < 4.78 is 4.73. The van der Waals surface area contributed by atoms with Crippen LogP contribution in [0.2, 0.25) is 0 Å². The van der Waals surface area contributed by atoms with Gasteiger partial charge in [-0.05, 0) is 126 Å². The van der Waals surface area contributed by atoms with Crippen LogP contribution in [0.4, 0.5) is 34.1 Å². The van der Waals surface area contributed by atoms with Gasteiger partial charge >= 0.3 is 0 Å². The van der Waals surface area contributed by atoms with Crippen LogP contribution in [-0.2, 0) is 17.6 Å². The Morgan fingerprint density at radius 3 is 1.89 bits per heavy atom. The molecular weight excluding hydrogens is 897 g/mol. The molecule has 9 aromatic rings. The molecule has 14 nitrogen and oxygen atoms in total. The molecule has 0 saturated carbocycles. The Morgan fingerprint density at radius 1 is 0.569 bits per heavy atom. The molecule has 72 heavy (non-hydrogen) atoms. The van der Waals surface area contributed by atoms with Crippen LogP contribution in [0, 0.1) is 0 Å². The van der Waals surface area contributed by atoms with Gasteiger partial charge in [0.25, 0.3) is 6.47 Å². The molecule has 3 aromatic heterocycles. The zero-order valence-corrected chi connectivity index (χ0v) is 40.5. The number of benzene rings is 6. The van der Waals surface area contributed by atoms with Crippen LogP contribution in [0.3, 0.4) is 0 Å². The van der Waals surface area contributed by atoms with Crippen LogP contribution < -0.4 is 26.0 Å². The first-order chi connectivity index (χ1) is 35.2. The van der Waals surface area contributed by atoms with E-state index in [0.717, 1.165) is 132 Å². The van der Waals surface area contributed by atoms with Crippen molar-refractivity contribution in [2.75, 3.05) is 87.7 Å². The number of carbonyl (C=O) groups is 1. The molecule has 0 aliphatic carbocycles. The van der Waals surface area contributed by atoms with Crippen molar-refractivity contribution < 1.29 is 9.53 Å². The quantitative estimate of drug-likeness (QED) is 0.103. The standard InChI is InChI=1S/C30H27N5.C18H22N6.C10H7NO2/c1-34-12-14-35(15-13-34)24-7-9-27-23(17-24)18-28(32-27)21-6-8-26-22(16-21)19-29(33-26)30-25-5-3-2-4-20(25)10-11-31-30;1-23-6-8-24(9-7-23)13-3-5-16-17(11-13)22-18(21-16)12-2-4-14(19)15(20)10-12;12-7-13-10-9-4-2-1-3-8(9)5-6-11-10/h2-11,16-17H,12-15,18-19H2,1H3;2-5,10-11H,6-9,19-20H2,1H3,(H,21,22);1-7H. The number of nitrogens with two attached hydrogens (primary N) is 2. The number of rotatable bonds is 7. The van der Waals surface area contributed by atoms with Gasteiger partial charge in [0.15, 0.2) is 0 Å². The number of imidazole rings is 1. The SMILES string of the molecule is CN1CCN(c2ccc3c(c2)CC(c2ccc4c(c2)CC(c2nccc5ccccc25)=N4)=N3)CC1.CN1CCN(c2ccc3nc(-c4ccc(N)c(N)c4)[nH]c3c2)CC1.O=COc1nccc2ccccc12. The Balaban J connectivity index is 0.000000130. The normalized spacial score (nSPS) is 15.5. The molecule has 13 rings (SSSR count). The summed E-state index contributed by atoms with van der Waals surface area (Å²) in [7, 11) is 4.36. The zero-order chi connectivity index (χ0) is 49.1. The molecule has 6 aromatic carbocycles. The molecule has 0 amide bonds. The summed E-state index contributed by atoms with van der Waals surface area (Å²) in [6.45, 7) is 9.08. The van der Waals surface area contributed by atoms with Gasteiger partial charge in [-0.2, -0.15) is 0 Å². The van der Waals surface area contributed by atoms with Crippen LogP contribution in [0.15, 0.2) is 156 Å². The molecule has 0 radical (unpaired) electrons. The lowest BCUT2D eigenvalue weighted by molar-refractivity contribution is -0.120. The highest BCUT2D eigenvalue weighted by Crippen LogP contribution is 2.36. The monoisotopic (exact) mass is 952 g/mol. The van der Waals surface area contributed by atoms with Crippen molar-refractivity contribution in [3.8, 4) is 17.3 Å². The first-order valence-corrected chi connectivity index (χ1v) is 24.4. The number of H-pyrrole nitrogens is 1. The number of carbonyl (C=O) groups excluding carboxylic acids is 1. The predicted molar refractivity (Wildman–Crippen MR) is 293 cm³/mol. The van der Waals surface area contributed by atoms with E-state index in [1.54, 1.807) is 6.20 Å². The second-order valence-corrected chi connectivity index (χ2v) is 18.8. The Labute approximate surface area is 418 Å². The van der Waals surface area contributed by atoms with Gasteiger partial charge in [-0.15, -0.1) is 0 Å². The fourth-order valence-corrected chi connectivity index (χ4v) is 9.83. The molecule has 0 unspecified atom stereocenters. The number of nitrogens with one attached hydrogen (secondary N) is 1. The Morgan fingerprint density at radius 2 is 1.17 bits per heavy atom. The van der Waals surface area contributed by atoms with Crippen molar-refractivity contribution >= 4 is 84.6 Å².